The van der Waals surface area contributed by atoms with E-state index in [9.17, 15) is 8.42 Å². The van der Waals surface area contributed by atoms with Crippen molar-refractivity contribution in [1.29, 1.82) is 0 Å². The Kier molecular flexibility index (Phi) is 4.99. The molecule has 1 aliphatic rings. The van der Waals surface area contributed by atoms with Gasteiger partial charge in [0.2, 0.25) is 0 Å². The van der Waals surface area contributed by atoms with Gasteiger partial charge in [0, 0.05) is 10.9 Å². The van der Waals surface area contributed by atoms with E-state index in [1.54, 1.807) is 6.07 Å². The van der Waals surface area contributed by atoms with Crippen molar-refractivity contribution >= 4 is 48.9 Å². The molecule has 0 radical (unpaired) electrons. The number of alkyl halides is 1. The predicted octanol–water partition coefficient (Wildman–Crippen LogP) is 4.09. The molecule has 3 nitrogen and oxygen atoms in total. The van der Waals surface area contributed by atoms with Gasteiger partial charge in [-0.25, -0.2) is 13.1 Å². The Hall–Kier alpha value is 0.380. The Morgan fingerprint density at radius 3 is 2.53 bits per heavy atom. The van der Waals surface area contributed by atoms with Crippen LogP contribution in [0.1, 0.15) is 37.7 Å². The van der Waals surface area contributed by atoms with E-state index in [2.05, 4.69) is 20.7 Å². The molecule has 1 aromatic heterocycles. The summed E-state index contributed by atoms with van der Waals surface area (Å²) < 4.78 is 28.6. The Morgan fingerprint density at radius 1 is 1.42 bits per heavy atom. The van der Waals surface area contributed by atoms with Crippen LogP contribution < -0.4 is 4.72 Å². The van der Waals surface area contributed by atoms with Crippen molar-refractivity contribution in [3.05, 3.63) is 16.0 Å². The molecule has 0 aromatic carbocycles. The fraction of sp³-hybridized carbons (Fsp3) is 0.667. The van der Waals surface area contributed by atoms with Crippen LogP contribution in [-0.2, 0) is 10.0 Å². The van der Waals surface area contributed by atoms with Crippen LogP contribution in [0.2, 0.25) is 4.34 Å². The molecule has 1 saturated carbocycles. The van der Waals surface area contributed by atoms with Crippen molar-refractivity contribution in [2.24, 2.45) is 0 Å². The highest BCUT2D eigenvalue weighted by molar-refractivity contribution is 9.09. The number of hydrogen-bond acceptors (Lipinski definition) is 3. The summed E-state index contributed by atoms with van der Waals surface area (Å²) in [5.41, 5.74) is 0.463. The maximum atomic E-state index is 12.4. The van der Waals surface area contributed by atoms with E-state index in [-0.39, 0.29) is 5.54 Å². The lowest BCUT2D eigenvalue weighted by Crippen LogP contribution is -2.50. The van der Waals surface area contributed by atoms with Crippen molar-refractivity contribution < 1.29 is 8.42 Å². The minimum Gasteiger partial charge on any atom is -0.206 e. The largest absolute Gasteiger partial charge is 0.250 e. The van der Waals surface area contributed by atoms with Crippen LogP contribution in [0.15, 0.2) is 10.3 Å². The summed E-state index contributed by atoms with van der Waals surface area (Å²) in [6.45, 7) is 1.82. The minimum atomic E-state index is -3.48. The van der Waals surface area contributed by atoms with Crippen LogP contribution in [0, 0.1) is 6.92 Å². The standard InChI is InChI=1S/C12H17BrClNO2S2/c1-9-7-10(18-11(9)14)19(16,17)15-12(8-13)5-3-2-4-6-12/h7,15H,2-6,8H2,1H3. The maximum absolute atomic E-state index is 12.4. The number of rotatable bonds is 4. The highest BCUT2D eigenvalue weighted by atomic mass is 79.9. The molecule has 108 valence electrons. The number of thiophene rings is 1. The molecule has 1 fully saturated rings. The molecule has 0 bridgehead atoms. The first-order valence-corrected chi connectivity index (χ1v) is 10.0. The van der Waals surface area contributed by atoms with Crippen LogP contribution in [0.4, 0.5) is 0 Å². The molecule has 0 spiro atoms. The Labute approximate surface area is 131 Å². The van der Waals surface area contributed by atoms with Gasteiger partial charge in [0.05, 0.1) is 4.34 Å². The van der Waals surface area contributed by atoms with Crippen LogP contribution in [0.25, 0.3) is 0 Å². The van der Waals surface area contributed by atoms with Gasteiger partial charge >= 0.3 is 0 Å². The first kappa shape index (κ1) is 15.8. The molecular weight excluding hydrogens is 370 g/mol. The topological polar surface area (TPSA) is 46.2 Å². The predicted molar refractivity (Wildman–Crippen MR) is 84.0 cm³/mol. The van der Waals surface area contributed by atoms with E-state index in [0.29, 0.717) is 13.9 Å². The SMILES string of the molecule is Cc1cc(S(=O)(=O)NC2(CBr)CCCCC2)sc1Cl. The first-order valence-electron chi connectivity index (χ1n) is 6.24. The summed E-state index contributed by atoms with van der Waals surface area (Å²) >= 11 is 10.5. The second-order valence-corrected chi connectivity index (χ2v) is 9.23. The number of sulfonamides is 1. The average molecular weight is 387 g/mol. The van der Waals surface area contributed by atoms with Crippen LogP contribution >= 0.6 is 38.9 Å². The molecule has 0 saturated heterocycles. The summed E-state index contributed by atoms with van der Waals surface area (Å²) in [6, 6.07) is 1.64. The molecule has 7 heteroatoms. The van der Waals surface area contributed by atoms with Crippen LogP contribution in [-0.4, -0.2) is 19.3 Å². The Bertz CT molecular complexity index is 531. The summed E-state index contributed by atoms with van der Waals surface area (Å²) in [5, 5.41) is 0.650. The van der Waals surface area contributed by atoms with Gasteiger partial charge in [-0.3, -0.25) is 0 Å². The monoisotopic (exact) mass is 385 g/mol. The fourth-order valence-corrected chi connectivity index (χ4v) is 6.44. The van der Waals surface area contributed by atoms with Gasteiger partial charge in [0.25, 0.3) is 10.0 Å². The Morgan fingerprint density at radius 2 is 2.05 bits per heavy atom. The highest BCUT2D eigenvalue weighted by Crippen LogP contribution is 2.34. The van der Waals surface area contributed by atoms with Gasteiger partial charge in [0.1, 0.15) is 4.21 Å². The number of hydrogen-bond donors (Lipinski definition) is 1. The molecule has 1 aromatic rings. The fourth-order valence-electron chi connectivity index (χ4n) is 2.39. The molecule has 1 N–H and O–H groups in total. The van der Waals surface area contributed by atoms with Gasteiger partial charge in [-0.05, 0) is 31.4 Å². The van der Waals surface area contributed by atoms with Gasteiger partial charge in [-0.1, -0.05) is 46.8 Å². The maximum Gasteiger partial charge on any atom is 0.250 e. The molecule has 0 unspecified atom stereocenters. The lowest BCUT2D eigenvalue weighted by molar-refractivity contribution is 0.301. The first-order chi connectivity index (χ1) is 8.88. The molecule has 1 heterocycles. The molecule has 1 aliphatic carbocycles. The van der Waals surface area contributed by atoms with Crippen molar-refractivity contribution in [3.8, 4) is 0 Å². The highest BCUT2D eigenvalue weighted by Gasteiger charge is 2.36. The zero-order chi connectivity index (χ0) is 14.1. The van der Waals surface area contributed by atoms with E-state index < -0.39 is 10.0 Å². The summed E-state index contributed by atoms with van der Waals surface area (Å²) in [5.74, 6) is 0. The minimum absolute atomic E-state index is 0.306. The van der Waals surface area contributed by atoms with Gasteiger partial charge in [-0.15, -0.1) is 11.3 Å². The van der Waals surface area contributed by atoms with Crippen LogP contribution in [0.3, 0.4) is 0 Å². The zero-order valence-electron chi connectivity index (χ0n) is 10.7. The van der Waals surface area contributed by atoms with Gasteiger partial charge in [0.15, 0.2) is 0 Å². The summed E-state index contributed by atoms with van der Waals surface area (Å²) in [6.07, 6.45) is 5.09. The molecule has 0 aliphatic heterocycles. The normalized spacial score (nSPS) is 19.5. The third-order valence-corrected chi connectivity index (χ3v) is 8.20. The molecule has 0 amide bonds. The third kappa shape index (κ3) is 3.53. The van der Waals surface area contributed by atoms with Gasteiger partial charge < -0.3 is 0 Å². The summed E-state index contributed by atoms with van der Waals surface area (Å²) in [7, 11) is -3.48. The van der Waals surface area contributed by atoms with Crippen molar-refractivity contribution in [1.82, 2.24) is 4.72 Å². The Balaban J connectivity index is 2.24. The quantitative estimate of drug-likeness (QED) is 0.792. The smallest absolute Gasteiger partial charge is 0.206 e. The lowest BCUT2D eigenvalue weighted by atomic mass is 9.84. The second kappa shape index (κ2) is 6.02. The van der Waals surface area contributed by atoms with Crippen molar-refractivity contribution in [2.45, 2.75) is 48.8 Å². The number of nitrogens with one attached hydrogen (secondary N) is 1. The molecule has 19 heavy (non-hydrogen) atoms. The van der Waals surface area contributed by atoms with E-state index in [4.69, 9.17) is 11.6 Å². The lowest BCUT2D eigenvalue weighted by Gasteiger charge is -2.36. The van der Waals surface area contributed by atoms with Crippen molar-refractivity contribution in [3.63, 3.8) is 0 Å². The van der Waals surface area contributed by atoms with E-state index in [1.807, 2.05) is 6.92 Å². The zero-order valence-corrected chi connectivity index (χ0v) is 14.7. The average Bonchev–Trinajstić information content (AvgIpc) is 2.71. The van der Waals surface area contributed by atoms with Gasteiger partial charge in [-0.2, -0.15) is 0 Å². The second-order valence-electron chi connectivity index (χ2n) is 5.10. The van der Waals surface area contributed by atoms with E-state index in [1.165, 1.54) is 6.42 Å². The number of aryl methyl sites for hydroxylation is 1. The van der Waals surface area contributed by atoms with Crippen LogP contribution in [0.5, 0.6) is 0 Å². The third-order valence-electron chi connectivity index (χ3n) is 3.52. The van der Waals surface area contributed by atoms with Crippen molar-refractivity contribution in [2.75, 3.05) is 5.33 Å². The van der Waals surface area contributed by atoms with E-state index in [0.717, 1.165) is 42.6 Å². The molecule has 0 atom stereocenters. The summed E-state index contributed by atoms with van der Waals surface area (Å²) in [4.78, 5) is 0. The number of halogens is 2. The molecular formula is C12H17BrClNO2S2. The van der Waals surface area contributed by atoms with E-state index >= 15 is 0 Å². The molecule has 2 rings (SSSR count).